The van der Waals surface area contributed by atoms with Gasteiger partial charge in [0.05, 0.1) is 14.2 Å². The molecule has 0 radical (unpaired) electrons. The van der Waals surface area contributed by atoms with E-state index < -0.39 is 6.67 Å². The maximum absolute atomic E-state index is 12.9. The van der Waals surface area contributed by atoms with E-state index in [1.807, 2.05) is 12.1 Å². The average molecular weight is 241 g/mol. The predicted octanol–water partition coefficient (Wildman–Crippen LogP) is 2.45. The lowest BCUT2D eigenvalue weighted by Gasteiger charge is -2.13. The van der Waals surface area contributed by atoms with Crippen LogP contribution in [0.2, 0.25) is 0 Å². The topological polar surface area (TPSA) is 44.5 Å². The third-order valence-corrected chi connectivity index (χ3v) is 2.68. The lowest BCUT2D eigenvalue weighted by molar-refractivity contribution is 0.344. The first-order chi connectivity index (χ1) is 8.26. The first-order valence-corrected chi connectivity index (χ1v) is 5.76. The Kier molecular flexibility index (Phi) is 5.77. The fourth-order valence-electron chi connectivity index (χ4n) is 1.82. The van der Waals surface area contributed by atoms with E-state index in [1.54, 1.807) is 7.11 Å². The molecule has 4 heteroatoms. The quantitative estimate of drug-likeness (QED) is 0.746. The van der Waals surface area contributed by atoms with E-state index in [-0.39, 0.29) is 0 Å². The molecule has 0 atom stereocenters. The standard InChI is InChI=1S/C13H20FNO2/c1-16-12-8-10(5-3-4-6-15)7-11(9-14)13(12)17-2/h7-8H,3-6,9,15H2,1-2H3. The Bertz CT molecular complexity index is 330. The van der Waals surface area contributed by atoms with Gasteiger partial charge in [0.1, 0.15) is 6.67 Å². The summed E-state index contributed by atoms with van der Waals surface area (Å²) in [5.74, 6) is 1.07. The minimum absolute atomic E-state index is 0.484. The van der Waals surface area contributed by atoms with Gasteiger partial charge < -0.3 is 15.2 Å². The molecule has 0 saturated heterocycles. The molecule has 1 aromatic carbocycles. The van der Waals surface area contributed by atoms with Crippen molar-refractivity contribution in [1.82, 2.24) is 0 Å². The fraction of sp³-hybridized carbons (Fsp3) is 0.538. The molecule has 2 N–H and O–H groups in total. The molecule has 0 aromatic heterocycles. The number of benzene rings is 1. The van der Waals surface area contributed by atoms with Crippen LogP contribution in [0.25, 0.3) is 0 Å². The zero-order chi connectivity index (χ0) is 12.7. The molecule has 0 bridgehead atoms. The molecule has 0 amide bonds. The SMILES string of the molecule is COc1cc(CCCCN)cc(CF)c1OC. The van der Waals surface area contributed by atoms with Crippen molar-refractivity contribution in [2.45, 2.75) is 25.9 Å². The second-order valence-electron chi connectivity index (χ2n) is 3.87. The number of alkyl halides is 1. The number of halogens is 1. The van der Waals surface area contributed by atoms with E-state index in [0.29, 0.717) is 23.6 Å². The van der Waals surface area contributed by atoms with Gasteiger partial charge in [0, 0.05) is 5.56 Å². The minimum Gasteiger partial charge on any atom is -0.493 e. The van der Waals surface area contributed by atoms with Gasteiger partial charge in [-0.2, -0.15) is 0 Å². The van der Waals surface area contributed by atoms with Crippen molar-refractivity contribution in [2.24, 2.45) is 5.73 Å². The van der Waals surface area contributed by atoms with Crippen molar-refractivity contribution in [1.29, 1.82) is 0 Å². The van der Waals surface area contributed by atoms with Crippen LogP contribution in [0.1, 0.15) is 24.0 Å². The lowest BCUT2D eigenvalue weighted by Crippen LogP contribution is -2.00. The highest BCUT2D eigenvalue weighted by atomic mass is 19.1. The van der Waals surface area contributed by atoms with Crippen LogP contribution in [-0.4, -0.2) is 20.8 Å². The number of methoxy groups -OCH3 is 2. The maximum atomic E-state index is 12.9. The Balaban J connectivity index is 2.92. The van der Waals surface area contributed by atoms with Gasteiger partial charge in [-0.1, -0.05) is 0 Å². The van der Waals surface area contributed by atoms with Crippen molar-refractivity contribution in [3.8, 4) is 11.5 Å². The van der Waals surface area contributed by atoms with Crippen molar-refractivity contribution >= 4 is 0 Å². The summed E-state index contributed by atoms with van der Waals surface area (Å²) >= 11 is 0. The van der Waals surface area contributed by atoms with E-state index in [1.165, 1.54) is 7.11 Å². The second kappa shape index (κ2) is 7.12. The van der Waals surface area contributed by atoms with Crippen LogP contribution in [0, 0.1) is 0 Å². The van der Waals surface area contributed by atoms with Crippen LogP contribution in [0.5, 0.6) is 11.5 Å². The average Bonchev–Trinajstić information content (AvgIpc) is 2.37. The predicted molar refractivity (Wildman–Crippen MR) is 66.4 cm³/mol. The number of ether oxygens (including phenoxy) is 2. The molecule has 0 aliphatic carbocycles. The van der Waals surface area contributed by atoms with Gasteiger partial charge in [0.15, 0.2) is 11.5 Å². The summed E-state index contributed by atoms with van der Waals surface area (Å²) < 4.78 is 23.3. The third kappa shape index (κ3) is 3.60. The molecular weight excluding hydrogens is 221 g/mol. The molecule has 96 valence electrons. The van der Waals surface area contributed by atoms with E-state index in [2.05, 4.69) is 0 Å². The number of aryl methyl sites for hydroxylation is 1. The molecular formula is C13H20FNO2. The Morgan fingerprint density at radius 2 is 1.94 bits per heavy atom. The molecule has 0 unspecified atom stereocenters. The largest absolute Gasteiger partial charge is 0.493 e. The summed E-state index contributed by atoms with van der Waals surface area (Å²) in [6.07, 6.45) is 2.85. The summed E-state index contributed by atoms with van der Waals surface area (Å²) in [4.78, 5) is 0. The highest BCUT2D eigenvalue weighted by molar-refractivity contribution is 5.49. The molecule has 0 fully saturated rings. The molecule has 1 rings (SSSR count). The molecule has 0 aliphatic heterocycles. The van der Waals surface area contributed by atoms with Crippen molar-refractivity contribution in [3.63, 3.8) is 0 Å². The summed E-state index contributed by atoms with van der Waals surface area (Å²) in [6, 6.07) is 3.73. The van der Waals surface area contributed by atoms with Crippen molar-refractivity contribution in [2.75, 3.05) is 20.8 Å². The van der Waals surface area contributed by atoms with Crippen LogP contribution in [0.15, 0.2) is 12.1 Å². The van der Waals surface area contributed by atoms with E-state index in [0.717, 1.165) is 24.8 Å². The molecule has 0 saturated carbocycles. The minimum atomic E-state index is -0.551. The lowest BCUT2D eigenvalue weighted by atomic mass is 10.0. The van der Waals surface area contributed by atoms with Gasteiger partial charge in [-0.3, -0.25) is 0 Å². The molecule has 0 spiro atoms. The van der Waals surface area contributed by atoms with Gasteiger partial charge in [-0.05, 0) is 43.5 Å². The Morgan fingerprint density at radius 3 is 2.47 bits per heavy atom. The van der Waals surface area contributed by atoms with Crippen molar-refractivity contribution < 1.29 is 13.9 Å². The van der Waals surface area contributed by atoms with Gasteiger partial charge in [0.25, 0.3) is 0 Å². The molecule has 17 heavy (non-hydrogen) atoms. The molecule has 1 aromatic rings. The van der Waals surface area contributed by atoms with Gasteiger partial charge in [-0.25, -0.2) is 4.39 Å². The first-order valence-electron chi connectivity index (χ1n) is 5.76. The van der Waals surface area contributed by atoms with E-state index >= 15 is 0 Å². The highest BCUT2D eigenvalue weighted by Crippen LogP contribution is 2.33. The van der Waals surface area contributed by atoms with E-state index in [4.69, 9.17) is 15.2 Å². The Morgan fingerprint density at radius 1 is 1.18 bits per heavy atom. The van der Waals surface area contributed by atoms with Crippen LogP contribution in [0.4, 0.5) is 4.39 Å². The summed E-state index contributed by atoms with van der Waals surface area (Å²) in [5.41, 5.74) is 7.04. The number of nitrogens with two attached hydrogens (primary N) is 1. The zero-order valence-corrected chi connectivity index (χ0v) is 10.5. The molecule has 0 heterocycles. The van der Waals surface area contributed by atoms with Crippen LogP contribution < -0.4 is 15.2 Å². The second-order valence-corrected chi connectivity index (χ2v) is 3.87. The monoisotopic (exact) mass is 241 g/mol. The number of rotatable bonds is 7. The molecule has 0 aliphatic rings. The van der Waals surface area contributed by atoms with Crippen LogP contribution in [-0.2, 0) is 13.1 Å². The zero-order valence-electron chi connectivity index (χ0n) is 10.5. The smallest absolute Gasteiger partial charge is 0.166 e. The van der Waals surface area contributed by atoms with Crippen molar-refractivity contribution in [3.05, 3.63) is 23.3 Å². The van der Waals surface area contributed by atoms with Gasteiger partial charge >= 0.3 is 0 Å². The summed E-state index contributed by atoms with van der Waals surface area (Å²) in [5, 5.41) is 0. The van der Waals surface area contributed by atoms with Gasteiger partial charge in [0.2, 0.25) is 0 Å². The molecule has 3 nitrogen and oxygen atoms in total. The van der Waals surface area contributed by atoms with E-state index in [9.17, 15) is 4.39 Å². The Labute approximate surface area is 102 Å². The highest BCUT2D eigenvalue weighted by Gasteiger charge is 2.11. The number of hydrogen-bond donors (Lipinski definition) is 1. The number of unbranched alkanes of at least 4 members (excludes halogenated alkanes) is 1. The Hall–Kier alpha value is -1.29. The summed E-state index contributed by atoms with van der Waals surface area (Å²) in [6.45, 7) is 0.132. The maximum Gasteiger partial charge on any atom is 0.166 e. The summed E-state index contributed by atoms with van der Waals surface area (Å²) in [7, 11) is 3.08. The number of hydrogen-bond acceptors (Lipinski definition) is 3. The van der Waals surface area contributed by atoms with Crippen LogP contribution >= 0.6 is 0 Å². The van der Waals surface area contributed by atoms with Gasteiger partial charge in [-0.15, -0.1) is 0 Å². The normalized spacial score (nSPS) is 10.4. The third-order valence-electron chi connectivity index (χ3n) is 2.68. The first kappa shape index (κ1) is 13.8. The fourth-order valence-corrected chi connectivity index (χ4v) is 1.82. The van der Waals surface area contributed by atoms with Crippen LogP contribution in [0.3, 0.4) is 0 Å².